The molecule has 57 heavy (non-hydrogen) atoms. The molecule has 12 rings (SSSR count). The molecule has 12 aromatic rings. The van der Waals surface area contributed by atoms with E-state index in [0.29, 0.717) is 17.6 Å². The fraction of sp³-hybridized carbons (Fsp3) is 0. The Kier molecular flexibility index (Phi) is 6.83. The number of hydrogen-bond acceptors (Lipinski definition) is 5. The van der Waals surface area contributed by atoms with E-state index in [9.17, 15) is 0 Å². The van der Waals surface area contributed by atoms with E-state index in [0.717, 1.165) is 87.9 Å². The highest BCUT2D eigenvalue weighted by atomic mass is 16.3. The number of para-hydroxylation sites is 2. The molecule has 0 spiro atoms. The summed E-state index contributed by atoms with van der Waals surface area (Å²) in [5, 5.41) is 6.38. The van der Waals surface area contributed by atoms with Crippen molar-refractivity contribution in [2.24, 2.45) is 0 Å². The van der Waals surface area contributed by atoms with E-state index in [2.05, 4.69) is 126 Å². The molecule has 0 saturated heterocycles. The van der Waals surface area contributed by atoms with E-state index in [-0.39, 0.29) is 0 Å². The van der Waals surface area contributed by atoms with Crippen molar-refractivity contribution in [1.29, 1.82) is 0 Å². The Hall–Kier alpha value is -7.83. The number of aromatic nitrogens is 4. The van der Waals surface area contributed by atoms with Gasteiger partial charge in [0, 0.05) is 43.4 Å². The predicted molar refractivity (Wildman–Crippen MR) is 230 cm³/mol. The highest BCUT2D eigenvalue weighted by Crippen LogP contribution is 2.41. The summed E-state index contributed by atoms with van der Waals surface area (Å²) in [5.41, 5.74) is 11.6. The molecule has 0 radical (unpaired) electrons. The van der Waals surface area contributed by atoms with Crippen molar-refractivity contribution >= 4 is 65.7 Å². The maximum atomic E-state index is 6.61. The van der Waals surface area contributed by atoms with E-state index < -0.39 is 0 Å². The Bertz CT molecular complexity index is 3530. The number of hydrogen-bond donors (Lipinski definition) is 0. The fourth-order valence-electron chi connectivity index (χ4n) is 8.41. The van der Waals surface area contributed by atoms with Crippen LogP contribution < -0.4 is 0 Å². The van der Waals surface area contributed by atoms with Crippen LogP contribution in [0.5, 0.6) is 0 Å². The number of fused-ring (bicyclic) bond motifs is 9. The van der Waals surface area contributed by atoms with Gasteiger partial charge in [0.1, 0.15) is 22.3 Å². The molecule has 0 aliphatic rings. The van der Waals surface area contributed by atoms with E-state index in [4.69, 9.17) is 23.8 Å². The third kappa shape index (κ3) is 5.01. The van der Waals surface area contributed by atoms with Gasteiger partial charge in [-0.3, -0.25) is 4.57 Å². The van der Waals surface area contributed by atoms with Crippen molar-refractivity contribution < 1.29 is 8.83 Å². The minimum Gasteiger partial charge on any atom is -0.456 e. The second-order valence-corrected chi connectivity index (χ2v) is 14.4. The Morgan fingerprint density at radius 3 is 1.84 bits per heavy atom. The maximum absolute atomic E-state index is 6.61. The van der Waals surface area contributed by atoms with Gasteiger partial charge in [-0.1, -0.05) is 133 Å². The van der Waals surface area contributed by atoms with Crippen LogP contribution in [0.25, 0.3) is 117 Å². The van der Waals surface area contributed by atoms with Gasteiger partial charge in [-0.15, -0.1) is 0 Å². The van der Waals surface area contributed by atoms with E-state index in [1.54, 1.807) is 0 Å². The minimum absolute atomic E-state index is 0.530. The van der Waals surface area contributed by atoms with Gasteiger partial charge in [0.2, 0.25) is 5.95 Å². The maximum Gasteiger partial charge on any atom is 0.238 e. The molecule has 266 valence electrons. The largest absolute Gasteiger partial charge is 0.456 e. The van der Waals surface area contributed by atoms with Crippen LogP contribution in [0.15, 0.2) is 191 Å². The van der Waals surface area contributed by atoms with Crippen LogP contribution in [-0.4, -0.2) is 19.5 Å². The van der Waals surface area contributed by atoms with Gasteiger partial charge >= 0.3 is 0 Å². The van der Waals surface area contributed by atoms with Gasteiger partial charge in [0.25, 0.3) is 0 Å². The normalized spacial score (nSPS) is 11.9. The molecule has 0 atom stereocenters. The van der Waals surface area contributed by atoms with Crippen molar-refractivity contribution in [3.05, 3.63) is 182 Å². The average Bonchev–Trinajstić information content (AvgIpc) is 3.95. The van der Waals surface area contributed by atoms with Crippen LogP contribution >= 0.6 is 0 Å². The molecule has 0 saturated carbocycles. The van der Waals surface area contributed by atoms with E-state index in [1.807, 2.05) is 60.7 Å². The molecule has 0 N–H and O–H groups in total. The van der Waals surface area contributed by atoms with Crippen molar-refractivity contribution in [2.45, 2.75) is 0 Å². The van der Waals surface area contributed by atoms with Crippen LogP contribution in [0, 0.1) is 0 Å². The van der Waals surface area contributed by atoms with Crippen LogP contribution in [-0.2, 0) is 0 Å². The molecule has 0 aliphatic carbocycles. The monoisotopic (exact) mass is 730 g/mol. The molecule has 8 aromatic carbocycles. The summed E-state index contributed by atoms with van der Waals surface area (Å²) < 4.78 is 15.1. The third-order valence-electron chi connectivity index (χ3n) is 11.1. The first-order chi connectivity index (χ1) is 28.2. The summed E-state index contributed by atoms with van der Waals surface area (Å²) >= 11 is 0. The summed E-state index contributed by atoms with van der Waals surface area (Å²) in [4.78, 5) is 15.5. The number of nitrogens with zero attached hydrogens (tertiary/aromatic N) is 4. The summed E-state index contributed by atoms with van der Waals surface area (Å²) in [7, 11) is 0. The van der Waals surface area contributed by atoms with Crippen molar-refractivity contribution in [3.63, 3.8) is 0 Å². The zero-order valence-corrected chi connectivity index (χ0v) is 30.4. The molecule has 0 amide bonds. The van der Waals surface area contributed by atoms with Gasteiger partial charge in [0.15, 0.2) is 11.6 Å². The second kappa shape index (κ2) is 12.3. The topological polar surface area (TPSA) is 69.9 Å². The molecule has 0 bridgehead atoms. The number of rotatable bonds is 5. The standard InChI is InChI=1S/C51H30N4O2/c1-3-13-31(14-4-1)33-17-11-18-34(27-33)36-21-12-24-45-48(36)39-26-25-35(28-46(39)57-45)50-52-49(32-15-5-2-6-16-32)53-51(54-50)55-42-22-9-7-19-37(42)40-30-47-41(29-43(40)55)38-20-8-10-23-44(38)56-47/h1-30H. The van der Waals surface area contributed by atoms with Gasteiger partial charge in [-0.25, -0.2) is 4.98 Å². The molecule has 0 fully saturated rings. The lowest BCUT2D eigenvalue weighted by molar-refractivity contribution is 0.669. The number of furan rings is 2. The first-order valence-electron chi connectivity index (χ1n) is 19.0. The summed E-state index contributed by atoms with van der Waals surface area (Å²) in [5.74, 6) is 1.67. The molecule has 4 aromatic heterocycles. The smallest absolute Gasteiger partial charge is 0.238 e. The predicted octanol–water partition coefficient (Wildman–Crippen LogP) is 13.4. The molecule has 0 aliphatic heterocycles. The molecule has 6 heteroatoms. The van der Waals surface area contributed by atoms with E-state index >= 15 is 0 Å². The lowest BCUT2D eigenvalue weighted by Gasteiger charge is -2.11. The Labute approximate surface area is 325 Å². The van der Waals surface area contributed by atoms with E-state index in [1.165, 1.54) is 11.1 Å². The Morgan fingerprint density at radius 1 is 0.333 bits per heavy atom. The molecule has 6 nitrogen and oxygen atoms in total. The highest BCUT2D eigenvalue weighted by molar-refractivity contribution is 6.17. The molecular formula is C51H30N4O2. The average molecular weight is 731 g/mol. The van der Waals surface area contributed by atoms with Crippen LogP contribution in [0.2, 0.25) is 0 Å². The molecule has 0 unspecified atom stereocenters. The molecule has 4 heterocycles. The lowest BCUT2D eigenvalue weighted by atomic mass is 9.96. The summed E-state index contributed by atoms with van der Waals surface area (Å²) in [6.07, 6.45) is 0. The van der Waals surface area contributed by atoms with Crippen LogP contribution in [0.4, 0.5) is 0 Å². The Balaban J connectivity index is 1.06. The van der Waals surface area contributed by atoms with Crippen LogP contribution in [0.1, 0.15) is 0 Å². The van der Waals surface area contributed by atoms with Gasteiger partial charge in [0.05, 0.1) is 11.0 Å². The highest BCUT2D eigenvalue weighted by Gasteiger charge is 2.21. The third-order valence-corrected chi connectivity index (χ3v) is 11.1. The van der Waals surface area contributed by atoms with Crippen molar-refractivity contribution in [1.82, 2.24) is 19.5 Å². The quantitative estimate of drug-likeness (QED) is 0.176. The zero-order chi connectivity index (χ0) is 37.5. The summed E-state index contributed by atoms with van der Waals surface area (Å²) in [6.45, 7) is 0. The lowest BCUT2D eigenvalue weighted by Crippen LogP contribution is -2.06. The first-order valence-corrected chi connectivity index (χ1v) is 19.0. The van der Waals surface area contributed by atoms with Gasteiger partial charge in [-0.2, -0.15) is 9.97 Å². The zero-order valence-electron chi connectivity index (χ0n) is 30.4. The minimum atomic E-state index is 0.530. The SMILES string of the molecule is c1ccc(-c2cccc(-c3cccc4oc5cc(-c6nc(-c7ccccc7)nc(-n7c8ccccc8c8cc9oc%10ccccc%10c9cc87)n6)ccc5c34)c2)cc1. The van der Waals surface area contributed by atoms with Gasteiger partial charge in [-0.05, 0) is 70.8 Å². The Morgan fingerprint density at radius 2 is 0.982 bits per heavy atom. The fourth-order valence-corrected chi connectivity index (χ4v) is 8.41. The molecular weight excluding hydrogens is 701 g/mol. The second-order valence-electron chi connectivity index (χ2n) is 14.4. The number of benzene rings is 8. The van der Waals surface area contributed by atoms with Crippen molar-refractivity contribution in [3.8, 4) is 51.0 Å². The first kappa shape index (κ1) is 31.5. The summed E-state index contributed by atoms with van der Waals surface area (Å²) in [6, 6.07) is 62.7. The van der Waals surface area contributed by atoms with Crippen LogP contribution in [0.3, 0.4) is 0 Å². The van der Waals surface area contributed by atoms with Crippen molar-refractivity contribution in [2.75, 3.05) is 0 Å². The van der Waals surface area contributed by atoms with Gasteiger partial charge < -0.3 is 8.83 Å².